The number of hydrogen-bond acceptors (Lipinski definition) is 6. The van der Waals surface area contributed by atoms with Gasteiger partial charge in [0.2, 0.25) is 5.91 Å². The van der Waals surface area contributed by atoms with E-state index in [0.717, 1.165) is 19.5 Å². The molecule has 3 rings (SSSR count). The van der Waals surface area contributed by atoms with Gasteiger partial charge in [-0.25, -0.2) is 4.79 Å². The number of carboxylic acids is 1. The average molecular weight is 330 g/mol. The zero-order valence-electron chi connectivity index (χ0n) is 11.6. The van der Waals surface area contributed by atoms with E-state index in [4.69, 9.17) is 0 Å². The van der Waals surface area contributed by atoms with Crippen LogP contribution >= 0.6 is 23.5 Å². The van der Waals surface area contributed by atoms with Crippen LogP contribution in [0.4, 0.5) is 0 Å². The van der Waals surface area contributed by atoms with Gasteiger partial charge in [0.15, 0.2) is 5.70 Å². The van der Waals surface area contributed by atoms with Crippen LogP contribution in [0.15, 0.2) is 9.93 Å². The molecule has 0 aromatic rings. The summed E-state index contributed by atoms with van der Waals surface area (Å²) < 4.78 is 0.709. The maximum Gasteiger partial charge on any atom is 0.354 e. The Bertz CT molecular complexity index is 504. The number of amides is 1. The zero-order chi connectivity index (χ0) is 15.1. The Labute approximate surface area is 131 Å². The van der Waals surface area contributed by atoms with E-state index >= 15 is 0 Å². The van der Waals surface area contributed by atoms with Crippen molar-refractivity contribution in [2.45, 2.75) is 36.5 Å². The van der Waals surface area contributed by atoms with Crippen LogP contribution < -0.4 is 5.32 Å². The minimum Gasteiger partial charge on any atom is -0.477 e. The second-order valence-electron chi connectivity index (χ2n) is 5.39. The first-order valence-electron chi connectivity index (χ1n) is 7.07. The van der Waals surface area contributed by atoms with Gasteiger partial charge in [-0.2, -0.15) is 0 Å². The molecule has 3 heterocycles. The minimum atomic E-state index is -1.06. The Morgan fingerprint density at radius 2 is 2.38 bits per heavy atom. The van der Waals surface area contributed by atoms with Gasteiger partial charge in [-0.1, -0.05) is 18.7 Å². The first-order valence-corrected chi connectivity index (χ1v) is 8.83. The monoisotopic (exact) mass is 330 g/mol. The highest BCUT2D eigenvalue weighted by Gasteiger charge is 2.58. The fourth-order valence-corrected chi connectivity index (χ4v) is 6.12. The quantitative estimate of drug-likeness (QED) is 0.637. The van der Waals surface area contributed by atoms with E-state index in [-0.39, 0.29) is 17.0 Å². The zero-order valence-corrected chi connectivity index (χ0v) is 13.2. The Kier molecular flexibility index (Phi) is 4.22. The molecular weight excluding hydrogens is 312 g/mol. The summed E-state index contributed by atoms with van der Waals surface area (Å²) in [6, 6.07) is 0. The Morgan fingerprint density at radius 1 is 1.62 bits per heavy atom. The van der Waals surface area contributed by atoms with Gasteiger partial charge >= 0.3 is 5.97 Å². The molecule has 3 N–H and O–H groups in total. The summed E-state index contributed by atoms with van der Waals surface area (Å²) in [7, 11) is 0. The van der Waals surface area contributed by atoms with Gasteiger partial charge in [-0.15, -0.1) is 11.8 Å². The van der Waals surface area contributed by atoms with E-state index in [2.05, 4.69) is 5.32 Å². The molecule has 3 aliphatic heterocycles. The first kappa shape index (κ1) is 15.2. The normalized spacial score (nSPS) is 33.1. The molecule has 0 radical (unpaired) electrons. The van der Waals surface area contributed by atoms with Crippen molar-refractivity contribution in [3.8, 4) is 0 Å². The number of carboxylic acid groups (broad SMARTS) is 1. The number of aliphatic hydroxyl groups excluding tert-OH is 1. The van der Waals surface area contributed by atoms with E-state index in [1.807, 2.05) is 6.92 Å². The second-order valence-corrected chi connectivity index (χ2v) is 8.09. The molecule has 0 unspecified atom stereocenters. The molecule has 6 nitrogen and oxygen atoms in total. The van der Waals surface area contributed by atoms with Crippen molar-refractivity contribution in [2.75, 3.05) is 13.1 Å². The summed E-state index contributed by atoms with van der Waals surface area (Å²) in [6.45, 7) is 3.63. The second kappa shape index (κ2) is 5.83. The Morgan fingerprint density at radius 3 is 2.95 bits per heavy atom. The summed E-state index contributed by atoms with van der Waals surface area (Å²) in [5.74, 6) is -1.80. The maximum absolute atomic E-state index is 12.2. The van der Waals surface area contributed by atoms with Gasteiger partial charge in [0.1, 0.15) is 5.37 Å². The SMILES string of the molecule is CC[C@H](O)[C@@H]1C(=O)N2C(C(=O)O)=C(S[C@@H]3CCNC3)S[C@H]12. The number of rotatable bonds is 5. The fourth-order valence-electron chi connectivity index (χ4n) is 2.88. The Balaban J connectivity index is 1.80. The lowest BCUT2D eigenvalue weighted by molar-refractivity contribution is -0.157. The standard InChI is InChI=1S/C13H18N2O4S2/c1-2-7(16)8-10(17)15-9(12(18)19)13(21-11(8)15)20-6-3-4-14-5-6/h6-8,11,14,16H,2-5H2,1H3,(H,18,19)/t6-,7+,8-,11-/m1/s1. The number of aliphatic hydroxyl groups is 1. The van der Waals surface area contributed by atoms with Gasteiger partial charge in [-0.3, -0.25) is 9.69 Å². The lowest BCUT2D eigenvalue weighted by Gasteiger charge is -2.44. The van der Waals surface area contributed by atoms with Crippen LogP contribution in [-0.2, 0) is 9.59 Å². The molecule has 1 amide bonds. The van der Waals surface area contributed by atoms with Crippen LogP contribution in [0.3, 0.4) is 0 Å². The predicted molar refractivity (Wildman–Crippen MR) is 81.5 cm³/mol. The minimum absolute atomic E-state index is 0.103. The molecule has 3 aliphatic rings. The van der Waals surface area contributed by atoms with Gasteiger partial charge in [0.25, 0.3) is 0 Å². The molecule has 8 heteroatoms. The highest BCUT2D eigenvalue weighted by molar-refractivity contribution is 8.23. The van der Waals surface area contributed by atoms with Crippen LogP contribution in [0.1, 0.15) is 19.8 Å². The van der Waals surface area contributed by atoms with Crippen molar-refractivity contribution in [1.29, 1.82) is 0 Å². The van der Waals surface area contributed by atoms with Gasteiger partial charge in [0.05, 0.1) is 16.3 Å². The number of aliphatic carboxylic acids is 1. The molecule has 21 heavy (non-hydrogen) atoms. The highest BCUT2D eigenvalue weighted by atomic mass is 32.2. The molecule has 0 bridgehead atoms. The molecule has 0 aliphatic carbocycles. The molecule has 2 saturated heterocycles. The van der Waals surface area contributed by atoms with Crippen molar-refractivity contribution >= 4 is 35.4 Å². The molecule has 0 aromatic carbocycles. The number of fused-ring (bicyclic) bond motifs is 1. The molecular formula is C13H18N2O4S2. The largest absolute Gasteiger partial charge is 0.477 e. The third-order valence-electron chi connectivity index (χ3n) is 4.07. The average Bonchev–Trinajstić information content (AvgIpc) is 3.05. The van der Waals surface area contributed by atoms with Crippen molar-refractivity contribution in [1.82, 2.24) is 10.2 Å². The number of thioether (sulfide) groups is 2. The van der Waals surface area contributed by atoms with E-state index in [0.29, 0.717) is 15.9 Å². The van der Waals surface area contributed by atoms with Crippen LogP contribution in [0.2, 0.25) is 0 Å². The third-order valence-corrected chi connectivity index (χ3v) is 6.94. The van der Waals surface area contributed by atoms with Crippen LogP contribution in [0.25, 0.3) is 0 Å². The molecule has 0 spiro atoms. The summed E-state index contributed by atoms with van der Waals surface area (Å²) in [4.78, 5) is 25.0. The predicted octanol–water partition coefficient (Wildman–Crippen LogP) is 0.637. The van der Waals surface area contributed by atoms with Crippen molar-refractivity contribution in [3.05, 3.63) is 9.93 Å². The number of nitrogens with zero attached hydrogens (tertiary/aromatic N) is 1. The number of nitrogens with one attached hydrogen (secondary N) is 1. The lowest BCUT2D eigenvalue weighted by atomic mass is 9.90. The third kappa shape index (κ3) is 2.48. The summed E-state index contributed by atoms with van der Waals surface area (Å²) in [5.41, 5.74) is 0.103. The van der Waals surface area contributed by atoms with E-state index in [9.17, 15) is 19.8 Å². The molecule has 2 fully saturated rings. The first-order chi connectivity index (χ1) is 10.0. The molecule has 116 valence electrons. The smallest absolute Gasteiger partial charge is 0.354 e. The molecule has 0 aromatic heterocycles. The summed E-state index contributed by atoms with van der Waals surface area (Å²) >= 11 is 2.96. The van der Waals surface area contributed by atoms with Gasteiger partial charge in [0, 0.05) is 11.8 Å². The van der Waals surface area contributed by atoms with E-state index in [1.54, 1.807) is 11.8 Å². The number of β-lactam (4-membered cyclic amide) rings is 1. The van der Waals surface area contributed by atoms with Crippen molar-refractivity contribution in [3.63, 3.8) is 0 Å². The van der Waals surface area contributed by atoms with Crippen LogP contribution in [0, 0.1) is 5.92 Å². The lowest BCUT2D eigenvalue weighted by Crippen LogP contribution is -2.61. The van der Waals surface area contributed by atoms with Crippen molar-refractivity contribution < 1.29 is 19.8 Å². The number of carbonyl (C=O) groups is 2. The maximum atomic E-state index is 12.2. The van der Waals surface area contributed by atoms with Crippen LogP contribution in [0.5, 0.6) is 0 Å². The van der Waals surface area contributed by atoms with Gasteiger partial charge < -0.3 is 15.5 Å². The van der Waals surface area contributed by atoms with E-state index in [1.165, 1.54) is 16.7 Å². The highest BCUT2D eigenvalue weighted by Crippen LogP contribution is 2.55. The number of carbonyl (C=O) groups excluding carboxylic acids is 1. The fraction of sp³-hybridized carbons (Fsp3) is 0.692. The number of hydrogen-bond donors (Lipinski definition) is 3. The van der Waals surface area contributed by atoms with Gasteiger partial charge in [-0.05, 0) is 19.4 Å². The summed E-state index contributed by atoms with van der Waals surface area (Å²) in [6.07, 6.45) is 0.804. The molecule has 4 atom stereocenters. The molecule has 0 saturated carbocycles. The van der Waals surface area contributed by atoms with Crippen LogP contribution in [-0.4, -0.2) is 56.8 Å². The Hall–Kier alpha value is -0.700. The van der Waals surface area contributed by atoms with E-state index < -0.39 is 18.0 Å². The summed E-state index contributed by atoms with van der Waals surface area (Å²) in [5, 5.41) is 22.7. The van der Waals surface area contributed by atoms with Crippen molar-refractivity contribution in [2.24, 2.45) is 5.92 Å². The topological polar surface area (TPSA) is 89.9 Å².